The maximum absolute atomic E-state index is 4.72. The molecule has 8 aromatic rings. The molecule has 0 saturated heterocycles. The smallest absolute Gasteiger partial charge is 0.0756 e. The summed E-state index contributed by atoms with van der Waals surface area (Å²) in [7, 11) is 0. The molecule has 0 atom stereocenters. The third-order valence-corrected chi connectivity index (χ3v) is 9.75. The fraction of sp³-hybridized carbons (Fsp3) is 0.0714. The summed E-state index contributed by atoms with van der Waals surface area (Å²) >= 11 is 1.71. The van der Waals surface area contributed by atoms with Gasteiger partial charge >= 0.3 is 0 Å². The van der Waals surface area contributed by atoms with Crippen molar-refractivity contribution in [3.05, 3.63) is 163 Å². The number of benzene rings is 6. The number of fused-ring (bicyclic) bond motifs is 5. The molecule has 2 aromatic heterocycles. The third-order valence-electron chi connectivity index (χ3n) is 8.68. The summed E-state index contributed by atoms with van der Waals surface area (Å²) in [6, 6.07) is 52.6. The predicted molar refractivity (Wildman–Crippen MR) is 191 cm³/mol. The van der Waals surface area contributed by atoms with Gasteiger partial charge in [-0.25, -0.2) is 0 Å². The molecule has 0 spiro atoms. The van der Waals surface area contributed by atoms with E-state index in [2.05, 4.69) is 116 Å². The van der Waals surface area contributed by atoms with E-state index in [9.17, 15) is 0 Å². The number of thiazole rings is 1. The second-order valence-corrected chi connectivity index (χ2v) is 13.0. The van der Waals surface area contributed by atoms with Gasteiger partial charge in [0.05, 0.1) is 16.9 Å². The van der Waals surface area contributed by atoms with Crippen LogP contribution in [0.15, 0.2) is 140 Å². The van der Waals surface area contributed by atoms with Crippen molar-refractivity contribution < 1.29 is 20.1 Å². The Morgan fingerprint density at radius 1 is 0.617 bits per heavy atom. The van der Waals surface area contributed by atoms with Crippen molar-refractivity contribution in [1.29, 1.82) is 0 Å². The van der Waals surface area contributed by atoms with Crippen LogP contribution in [0.2, 0.25) is 0 Å². The van der Waals surface area contributed by atoms with Crippen molar-refractivity contribution in [3.63, 3.8) is 0 Å². The summed E-state index contributed by atoms with van der Waals surface area (Å²) in [6.45, 7) is 4.55. The first-order valence-corrected chi connectivity index (χ1v) is 16.2. The molecule has 0 N–H and O–H groups in total. The number of rotatable bonds is 3. The normalized spacial score (nSPS) is 12.5. The van der Waals surface area contributed by atoms with Gasteiger partial charge in [0.15, 0.2) is 0 Å². The van der Waals surface area contributed by atoms with Gasteiger partial charge in [0.25, 0.3) is 0 Å². The number of nitrogens with zero attached hydrogens (tertiary/aromatic N) is 3. The molecule has 3 nitrogen and oxygen atoms in total. The Morgan fingerprint density at radius 3 is 2.21 bits per heavy atom. The van der Waals surface area contributed by atoms with Gasteiger partial charge < -0.3 is 0 Å². The summed E-state index contributed by atoms with van der Waals surface area (Å²) in [6.07, 6.45) is 1.89. The Balaban J connectivity index is 0.000000148. The molecular formula is C42H29IrN3S-2. The van der Waals surface area contributed by atoms with Crippen LogP contribution < -0.4 is 0 Å². The predicted octanol–water partition coefficient (Wildman–Crippen LogP) is 10.8. The zero-order valence-electron chi connectivity index (χ0n) is 25.9. The number of para-hydroxylation sites is 2. The quantitative estimate of drug-likeness (QED) is 0.167. The molecule has 0 unspecified atom stereocenters. The van der Waals surface area contributed by atoms with Gasteiger partial charge in [-0.2, -0.15) is 11.3 Å². The Labute approximate surface area is 292 Å². The van der Waals surface area contributed by atoms with E-state index >= 15 is 0 Å². The van der Waals surface area contributed by atoms with Crippen LogP contribution in [0.3, 0.4) is 0 Å². The van der Waals surface area contributed by atoms with Crippen LogP contribution in [0.4, 0.5) is 0 Å². The average Bonchev–Trinajstić information content (AvgIpc) is 3.65. The van der Waals surface area contributed by atoms with Gasteiger partial charge in [0.1, 0.15) is 0 Å². The van der Waals surface area contributed by atoms with Gasteiger partial charge in [-0.1, -0.05) is 104 Å². The Kier molecular flexibility index (Phi) is 8.38. The molecule has 6 aromatic carbocycles. The molecule has 2 heterocycles. The largest absolute Gasteiger partial charge is 0.285 e. The Morgan fingerprint density at radius 2 is 1.36 bits per heavy atom. The van der Waals surface area contributed by atoms with E-state index in [4.69, 9.17) is 9.97 Å². The zero-order valence-corrected chi connectivity index (χ0v) is 29.1. The molecule has 1 aliphatic carbocycles. The molecular weight excluding hydrogens is 771 g/mol. The van der Waals surface area contributed by atoms with Crippen LogP contribution in [0.25, 0.3) is 65.3 Å². The molecule has 0 aliphatic heterocycles. The van der Waals surface area contributed by atoms with Crippen LogP contribution in [-0.2, 0) is 25.5 Å². The summed E-state index contributed by atoms with van der Waals surface area (Å²) in [5.41, 5.74) is 11.7. The first-order chi connectivity index (χ1) is 22.5. The summed E-state index contributed by atoms with van der Waals surface area (Å²) in [5.74, 6) is 0.726. The van der Waals surface area contributed by atoms with Crippen molar-refractivity contribution >= 4 is 32.5 Å². The summed E-state index contributed by atoms with van der Waals surface area (Å²) < 4.78 is 1.21. The van der Waals surface area contributed by atoms with E-state index in [0.29, 0.717) is 0 Å². The standard InChI is InChI=1S/C23H17N2.C19H12NS.Ir/c1-23(2)19-9-5-4-8-17(19)18-13-15(11-12-20(18)23)22-24-14-16-7-3-6-10-21(16)25-22;1-2-7-14(8-3-1)15-9-6-10-16(13-15)19-20-17-11-4-5-12-18(17)21-19;/h3-10,12-14H,1-2H3;1-9,11-13H;/q2*-1;. The van der Waals surface area contributed by atoms with Crippen molar-refractivity contribution in [1.82, 2.24) is 15.0 Å². The van der Waals surface area contributed by atoms with E-state index < -0.39 is 0 Å². The zero-order chi connectivity index (χ0) is 31.1. The molecule has 0 amide bonds. The molecule has 0 fully saturated rings. The van der Waals surface area contributed by atoms with Gasteiger partial charge in [-0.3, -0.25) is 15.0 Å². The number of aromatic nitrogens is 3. The minimum Gasteiger partial charge on any atom is -0.285 e. The van der Waals surface area contributed by atoms with Gasteiger partial charge in [0.2, 0.25) is 0 Å². The topological polar surface area (TPSA) is 38.7 Å². The van der Waals surface area contributed by atoms with Gasteiger partial charge in [-0.05, 0) is 40.3 Å². The monoisotopic (exact) mass is 800 g/mol. The van der Waals surface area contributed by atoms with Crippen LogP contribution >= 0.6 is 11.3 Å². The van der Waals surface area contributed by atoms with Crippen molar-refractivity contribution in [3.8, 4) is 44.2 Å². The van der Waals surface area contributed by atoms with Crippen LogP contribution in [0.5, 0.6) is 0 Å². The molecule has 0 saturated carbocycles. The first-order valence-electron chi connectivity index (χ1n) is 15.4. The van der Waals surface area contributed by atoms with E-state index in [1.807, 2.05) is 54.7 Å². The Bertz CT molecular complexity index is 2330. The second kappa shape index (κ2) is 12.8. The maximum Gasteiger partial charge on any atom is 0.0756 e. The molecule has 1 aliphatic rings. The van der Waals surface area contributed by atoms with E-state index in [1.54, 1.807) is 11.3 Å². The molecule has 0 bridgehead atoms. The fourth-order valence-corrected chi connectivity index (χ4v) is 7.20. The van der Waals surface area contributed by atoms with E-state index in [0.717, 1.165) is 38.4 Å². The van der Waals surface area contributed by atoms with E-state index in [-0.39, 0.29) is 25.5 Å². The fourth-order valence-electron chi connectivity index (χ4n) is 6.26. The van der Waals surface area contributed by atoms with Crippen LogP contribution in [0.1, 0.15) is 25.0 Å². The average molecular weight is 800 g/mol. The SMILES string of the molecule is CC1(C)c2c[c-]c(-c3ncc4ccccc4n3)cc2-c2ccccc21.[Ir].[c-]1ccc(-c2ccccc2)cc1-c1nc2ccccc2s1. The number of hydrogen-bond donors (Lipinski definition) is 0. The number of hydrogen-bond acceptors (Lipinski definition) is 4. The first kappa shape index (κ1) is 30.8. The second-order valence-electron chi connectivity index (χ2n) is 11.9. The minimum absolute atomic E-state index is 0. The molecule has 5 heteroatoms. The molecule has 47 heavy (non-hydrogen) atoms. The maximum atomic E-state index is 4.72. The van der Waals surface area contributed by atoms with Crippen LogP contribution in [-0.4, -0.2) is 15.0 Å². The van der Waals surface area contributed by atoms with Gasteiger partial charge in [-0.15, -0.1) is 64.7 Å². The van der Waals surface area contributed by atoms with Crippen molar-refractivity contribution in [2.45, 2.75) is 19.3 Å². The Hall–Kier alpha value is -4.80. The van der Waals surface area contributed by atoms with Crippen LogP contribution in [0, 0.1) is 12.1 Å². The van der Waals surface area contributed by atoms with Crippen molar-refractivity contribution in [2.24, 2.45) is 0 Å². The molecule has 1 radical (unpaired) electrons. The van der Waals surface area contributed by atoms with E-state index in [1.165, 1.54) is 38.1 Å². The molecule has 229 valence electrons. The summed E-state index contributed by atoms with van der Waals surface area (Å²) in [5, 5.41) is 2.08. The molecule has 9 rings (SSSR count). The van der Waals surface area contributed by atoms with Crippen molar-refractivity contribution in [2.75, 3.05) is 0 Å². The minimum atomic E-state index is 0. The third kappa shape index (κ3) is 5.83. The summed E-state index contributed by atoms with van der Waals surface area (Å²) in [4.78, 5) is 14.0. The van der Waals surface area contributed by atoms with Gasteiger partial charge in [0, 0.05) is 41.4 Å².